The van der Waals surface area contributed by atoms with Gasteiger partial charge in [0.25, 0.3) is 0 Å². The van der Waals surface area contributed by atoms with Crippen LogP contribution in [0.25, 0.3) is 0 Å². The molecule has 2 atom stereocenters. The monoisotopic (exact) mass is 368 g/mol. The molecule has 2 rings (SSSR count). The number of rotatable bonds is 7. The fourth-order valence-corrected chi connectivity index (χ4v) is 3.42. The number of carbonyl (C=O) groups excluding carboxylic acids is 1. The number of benzene rings is 1. The van der Waals surface area contributed by atoms with Crippen molar-refractivity contribution in [2.24, 2.45) is 5.92 Å². The minimum atomic E-state index is -0.399. The van der Waals surface area contributed by atoms with Gasteiger partial charge in [0.05, 0.1) is 17.8 Å². The summed E-state index contributed by atoms with van der Waals surface area (Å²) in [6.45, 7) is 4.07. The maximum atomic E-state index is 12.8. The number of halogens is 1. The van der Waals surface area contributed by atoms with Crippen LogP contribution in [0.2, 0.25) is 5.02 Å². The van der Waals surface area contributed by atoms with E-state index in [4.69, 9.17) is 26.8 Å². The molecule has 1 fully saturated rings. The van der Waals surface area contributed by atoms with Gasteiger partial charge in [0, 0.05) is 18.5 Å². The molecule has 1 aromatic rings. The first-order chi connectivity index (χ1) is 12.1. The molecule has 1 heterocycles. The Balaban J connectivity index is 2.16. The van der Waals surface area contributed by atoms with Crippen LogP contribution in [0.15, 0.2) is 12.1 Å². The Labute approximate surface area is 155 Å². The van der Waals surface area contributed by atoms with Crippen molar-refractivity contribution in [3.63, 3.8) is 0 Å². The summed E-state index contributed by atoms with van der Waals surface area (Å²) in [6.07, 6.45) is 6.30. The highest BCUT2D eigenvalue weighted by atomic mass is 35.5. The molecule has 1 aliphatic heterocycles. The molecule has 0 aromatic heterocycles. The van der Waals surface area contributed by atoms with Crippen molar-refractivity contribution >= 4 is 23.3 Å². The molecule has 1 saturated heterocycles. The van der Waals surface area contributed by atoms with Crippen LogP contribution in [0.3, 0.4) is 0 Å². The van der Waals surface area contributed by atoms with Gasteiger partial charge in [-0.2, -0.15) is 0 Å². The van der Waals surface area contributed by atoms with Gasteiger partial charge in [-0.3, -0.25) is 0 Å². The number of nitrogens with one attached hydrogen (secondary N) is 1. The Kier molecular flexibility index (Phi) is 7.85. The summed E-state index contributed by atoms with van der Waals surface area (Å²) in [5, 5.41) is 3.78. The lowest BCUT2D eigenvalue weighted by Crippen LogP contribution is -2.33. The second-order valence-corrected chi connectivity index (χ2v) is 7.03. The third kappa shape index (κ3) is 5.51. The molecule has 3 N–H and O–H groups in total. The number of hydrogen-bond acceptors (Lipinski definition) is 5. The van der Waals surface area contributed by atoms with Crippen LogP contribution in [-0.4, -0.2) is 32.3 Å². The van der Waals surface area contributed by atoms with Crippen molar-refractivity contribution in [1.29, 1.82) is 0 Å². The predicted molar refractivity (Wildman–Crippen MR) is 101 cm³/mol. The molecule has 1 aliphatic rings. The third-order valence-corrected chi connectivity index (χ3v) is 5.08. The van der Waals surface area contributed by atoms with Crippen LogP contribution in [0, 0.1) is 5.92 Å². The van der Waals surface area contributed by atoms with Crippen molar-refractivity contribution in [3.8, 4) is 5.75 Å². The Morgan fingerprint density at radius 3 is 2.96 bits per heavy atom. The normalized spacial score (nSPS) is 19.1. The molecular weight excluding hydrogens is 340 g/mol. The minimum absolute atomic E-state index is 0.0981. The zero-order chi connectivity index (χ0) is 18.2. The van der Waals surface area contributed by atoms with Crippen molar-refractivity contribution in [3.05, 3.63) is 22.7 Å². The van der Waals surface area contributed by atoms with E-state index < -0.39 is 5.97 Å². The summed E-state index contributed by atoms with van der Waals surface area (Å²) in [6, 6.07) is 3.09. The van der Waals surface area contributed by atoms with E-state index in [-0.39, 0.29) is 6.10 Å². The van der Waals surface area contributed by atoms with E-state index in [2.05, 4.69) is 12.2 Å². The number of hydrogen-bond donors (Lipinski definition) is 2. The quantitative estimate of drug-likeness (QED) is 0.561. The van der Waals surface area contributed by atoms with Gasteiger partial charge in [-0.05, 0) is 31.9 Å². The summed E-state index contributed by atoms with van der Waals surface area (Å²) in [5.74, 6) is 0.331. The predicted octanol–water partition coefficient (Wildman–Crippen LogP) is 4.04. The number of anilines is 1. The standard InChI is InChI=1S/C19H29ClN2O3/c1-3-4-8-17(13-7-5-6-9-22-12-13)25-19(23)14-10-15(20)16(21)11-18(14)24-2/h10-11,13,17,22H,3-9,12,21H2,1-2H3. The maximum Gasteiger partial charge on any atom is 0.342 e. The molecule has 5 nitrogen and oxygen atoms in total. The van der Waals surface area contributed by atoms with Gasteiger partial charge >= 0.3 is 5.97 Å². The molecule has 0 spiro atoms. The van der Waals surface area contributed by atoms with Gasteiger partial charge in [0.2, 0.25) is 0 Å². The Morgan fingerprint density at radius 1 is 1.44 bits per heavy atom. The zero-order valence-corrected chi connectivity index (χ0v) is 15.9. The zero-order valence-electron chi connectivity index (χ0n) is 15.1. The molecule has 6 heteroatoms. The summed E-state index contributed by atoms with van der Waals surface area (Å²) >= 11 is 6.08. The van der Waals surface area contributed by atoms with Crippen molar-refractivity contribution in [2.45, 2.75) is 51.6 Å². The summed E-state index contributed by atoms with van der Waals surface area (Å²) < 4.78 is 11.2. The van der Waals surface area contributed by atoms with E-state index in [0.717, 1.165) is 45.2 Å². The summed E-state index contributed by atoms with van der Waals surface area (Å²) in [4.78, 5) is 12.8. The Bertz CT molecular complexity index is 572. The molecule has 0 amide bonds. The van der Waals surface area contributed by atoms with E-state index >= 15 is 0 Å². The fourth-order valence-electron chi connectivity index (χ4n) is 3.26. The smallest absolute Gasteiger partial charge is 0.342 e. The van der Waals surface area contributed by atoms with Crippen molar-refractivity contribution in [1.82, 2.24) is 5.32 Å². The van der Waals surface area contributed by atoms with Crippen molar-refractivity contribution in [2.75, 3.05) is 25.9 Å². The molecular formula is C19H29ClN2O3. The molecule has 1 aromatic carbocycles. The van der Waals surface area contributed by atoms with Gasteiger partial charge in [-0.15, -0.1) is 0 Å². The van der Waals surface area contributed by atoms with Crippen LogP contribution in [0.5, 0.6) is 5.75 Å². The number of esters is 1. The average molecular weight is 369 g/mol. The number of carbonyl (C=O) groups is 1. The molecule has 0 aliphatic carbocycles. The van der Waals surface area contributed by atoms with Crippen LogP contribution >= 0.6 is 11.6 Å². The number of methoxy groups -OCH3 is 1. The summed E-state index contributed by atoms with van der Waals surface area (Å²) in [5.41, 5.74) is 6.50. The van der Waals surface area contributed by atoms with E-state index in [0.29, 0.717) is 27.9 Å². The van der Waals surface area contributed by atoms with Gasteiger partial charge in [0.1, 0.15) is 17.4 Å². The largest absolute Gasteiger partial charge is 0.496 e. The van der Waals surface area contributed by atoms with E-state index in [1.807, 2.05) is 0 Å². The lowest BCUT2D eigenvalue weighted by Gasteiger charge is -2.26. The molecule has 0 radical (unpaired) electrons. The van der Waals surface area contributed by atoms with Crippen molar-refractivity contribution < 1.29 is 14.3 Å². The lowest BCUT2D eigenvalue weighted by atomic mass is 9.93. The number of nitrogen functional groups attached to an aromatic ring is 1. The molecule has 25 heavy (non-hydrogen) atoms. The molecule has 0 saturated carbocycles. The highest BCUT2D eigenvalue weighted by Gasteiger charge is 2.27. The molecule has 140 valence electrons. The summed E-state index contributed by atoms with van der Waals surface area (Å²) in [7, 11) is 1.50. The first kappa shape index (κ1) is 19.9. The second-order valence-electron chi connectivity index (χ2n) is 6.62. The van der Waals surface area contributed by atoms with E-state index in [1.54, 1.807) is 6.07 Å². The lowest BCUT2D eigenvalue weighted by molar-refractivity contribution is 0.00939. The first-order valence-corrected chi connectivity index (χ1v) is 9.49. The van der Waals surface area contributed by atoms with Gasteiger partial charge in [-0.25, -0.2) is 4.79 Å². The number of ether oxygens (including phenoxy) is 2. The maximum absolute atomic E-state index is 12.8. The SMILES string of the molecule is CCCCC(OC(=O)c1cc(Cl)c(N)cc1OC)C1CCCCNC1. The highest BCUT2D eigenvalue weighted by molar-refractivity contribution is 6.33. The van der Waals surface area contributed by atoms with E-state index in [9.17, 15) is 4.79 Å². The highest BCUT2D eigenvalue weighted by Crippen LogP contribution is 2.31. The Hall–Kier alpha value is -1.46. The second kappa shape index (κ2) is 9.88. The van der Waals surface area contributed by atoms with Crippen LogP contribution in [0.1, 0.15) is 55.8 Å². The molecule has 2 unspecified atom stereocenters. The fraction of sp³-hybridized carbons (Fsp3) is 0.632. The van der Waals surface area contributed by atoms with E-state index in [1.165, 1.54) is 19.6 Å². The average Bonchev–Trinajstić information content (AvgIpc) is 2.89. The minimum Gasteiger partial charge on any atom is -0.496 e. The van der Waals surface area contributed by atoms with Gasteiger partial charge in [-0.1, -0.05) is 37.8 Å². The van der Waals surface area contributed by atoms with Crippen LogP contribution < -0.4 is 15.8 Å². The van der Waals surface area contributed by atoms with Crippen LogP contribution in [-0.2, 0) is 4.74 Å². The Morgan fingerprint density at radius 2 is 2.24 bits per heavy atom. The number of unbranched alkanes of at least 4 members (excludes halogenated alkanes) is 1. The topological polar surface area (TPSA) is 73.6 Å². The van der Waals surface area contributed by atoms with Gasteiger partial charge in [0.15, 0.2) is 0 Å². The van der Waals surface area contributed by atoms with Gasteiger partial charge < -0.3 is 20.5 Å². The first-order valence-electron chi connectivity index (χ1n) is 9.11. The van der Waals surface area contributed by atoms with Crippen LogP contribution in [0.4, 0.5) is 5.69 Å². The third-order valence-electron chi connectivity index (χ3n) is 4.75. The molecule has 0 bridgehead atoms. The number of nitrogens with two attached hydrogens (primary N) is 1.